The van der Waals surface area contributed by atoms with E-state index in [-0.39, 0.29) is 22.8 Å². The minimum absolute atomic E-state index is 0.0825. The maximum absolute atomic E-state index is 13.8. The molecule has 0 saturated carbocycles. The zero-order valence-corrected chi connectivity index (χ0v) is 16.9. The van der Waals surface area contributed by atoms with Gasteiger partial charge in [-0.05, 0) is 25.0 Å². The van der Waals surface area contributed by atoms with Gasteiger partial charge in [-0.2, -0.15) is 0 Å². The number of hydrogen-bond donors (Lipinski definition) is 1. The molecule has 1 aromatic heterocycles. The van der Waals surface area contributed by atoms with Crippen molar-refractivity contribution in [2.45, 2.75) is 39.0 Å². The van der Waals surface area contributed by atoms with E-state index in [4.69, 9.17) is 0 Å². The maximum atomic E-state index is 13.8. The number of aromatic nitrogens is 1. The summed E-state index contributed by atoms with van der Waals surface area (Å²) in [4.78, 5) is 30.9. The SMILES string of the molecule is CC(C)(C)c1csc(NC(=O)C2CCN(C(=O)c3ccc(F)cc3F)CC2)n1. The zero-order chi connectivity index (χ0) is 20.5. The summed E-state index contributed by atoms with van der Waals surface area (Å²) in [7, 11) is 0. The molecule has 150 valence electrons. The van der Waals surface area contributed by atoms with Gasteiger partial charge in [-0.1, -0.05) is 20.8 Å². The Labute approximate surface area is 166 Å². The number of anilines is 1. The lowest BCUT2D eigenvalue weighted by molar-refractivity contribution is -0.121. The molecule has 1 aromatic carbocycles. The molecular formula is C20H23F2N3O2S. The number of likely N-dealkylation sites (tertiary alicyclic amines) is 1. The molecule has 1 aliphatic heterocycles. The fourth-order valence-corrected chi connectivity index (χ4v) is 4.00. The van der Waals surface area contributed by atoms with Gasteiger partial charge in [-0.15, -0.1) is 11.3 Å². The van der Waals surface area contributed by atoms with Gasteiger partial charge in [0.25, 0.3) is 5.91 Å². The molecule has 2 aromatic rings. The number of amides is 2. The molecule has 0 unspecified atom stereocenters. The van der Waals surface area contributed by atoms with E-state index in [0.717, 1.165) is 17.8 Å². The van der Waals surface area contributed by atoms with E-state index in [9.17, 15) is 18.4 Å². The van der Waals surface area contributed by atoms with Crippen molar-refractivity contribution < 1.29 is 18.4 Å². The van der Waals surface area contributed by atoms with Gasteiger partial charge in [0.1, 0.15) is 11.6 Å². The third kappa shape index (κ3) is 4.55. The molecule has 1 aliphatic rings. The standard InChI is InChI=1S/C20H23F2N3O2S/c1-20(2,3)16-11-28-19(23-16)24-17(26)12-6-8-25(9-7-12)18(27)14-5-4-13(21)10-15(14)22/h4-5,10-12H,6-9H2,1-3H3,(H,23,24,26). The van der Waals surface area contributed by atoms with Crippen LogP contribution in [-0.2, 0) is 10.2 Å². The maximum Gasteiger partial charge on any atom is 0.256 e. The van der Waals surface area contributed by atoms with Crippen molar-refractivity contribution in [3.63, 3.8) is 0 Å². The summed E-state index contributed by atoms with van der Waals surface area (Å²) in [6.45, 7) is 6.87. The Bertz CT molecular complexity index is 884. The molecule has 5 nitrogen and oxygen atoms in total. The molecule has 8 heteroatoms. The van der Waals surface area contributed by atoms with Crippen LogP contribution in [0.2, 0.25) is 0 Å². The summed E-state index contributed by atoms with van der Waals surface area (Å²) in [5.74, 6) is -2.42. The summed E-state index contributed by atoms with van der Waals surface area (Å²) in [6, 6.07) is 2.92. The van der Waals surface area contributed by atoms with Gasteiger partial charge < -0.3 is 10.2 Å². The Hall–Kier alpha value is -2.35. The lowest BCUT2D eigenvalue weighted by atomic mass is 9.93. The topological polar surface area (TPSA) is 62.3 Å². The van der Waals surface area contributed by atoms with Crippen LogP contribution in [0.1, 0.15) is 49.7 Å². The van der Waals surface area contributed by atoms with Crippen molar-refractivity contribution in [1.29, 1.82) is 0 Å². The fourth-order valence-electron chi connectivity index (χ4n) is 3.06. The second-order valence-electron chi connectivity index (χ2n) is 7.97. The largest absolute Gasteiger partial charge is 0.339 e. The van der Waals surface area contributed by atoms with Crippen LogP contribution in [-0.4, -0.2) is 34.8 Å². The highest BCUT2D eigenvalue weighted by Gasteiger charge is 2.29. The van der Waals surface area contributed by atoms with Gasteiger partial charge in [0.15, 0.2) is 5.13 Å². The number of carbonyl (C=O) groups is 2. The average Bonchev–Trinajstić information content (AvgIpc) is 3.10. The number of hydrogen-bond acceptors (Lipinski definition) is 4. The number of nitrogens with one attached hydrogen (secondary N) is 1. The van der Waals surface area contributed by atoms with E-state index < -0.39 is 17.5 Å². The normalized spacial score (nSPS) is 15.5. The van der Waals surface area contributed by atoms with Crippen molar-refractivity contribution in [3.8, 4) is 0 Å². The highest BCUT2D eigenvalue weighted by atomic mass is 32.1. The number of benzene rings is 1. The number of carbonyl (C=O) groups excluding carboxylic acids is 2. The Morgan fingerprint density at radius 1 is 1.21 bits per heavy atom. The van der Waals surface area contributed by atoms with Gasteiger partial charge in [-0.25, -0.2) is 13.8 Å². The Morgan fingerprint density at radius 2 is 1.89 bits per heavy atom. The van der Waals surface area contributed by atoms with Gasteiger partial charge in [0.2, 0.25) is 5.91 Å². The number of piperidine rings is 1. The molecule has 1 saturated heterocycles. The van der Waals surface area contributed by atoms with Crippen LogP contribution in [0.4, 0.5) is 13.9 Å². The van der Waals surface area contributed by atoms with Crippen molar-refractivity contribution in [3.05, 3.63) is 46.5 Å². The van der Waals surface area contributed by atoms with E-state index in [1.807, 2.05) is 5.38 Å². The second kappa shape index (κ2) is 7.95. The van der Waals surface area contributed by atoms with Crippen LogP contribution in [0.5, 0.6) is 0 Å². The third-order valence-corrected chi connectivity index (χ3v) is 5.57. The zero-order valence-electron chi connectivity index (χ0n) is 16.1. The highest BCUT2D eigenvalue weighted by Crippen LogP contribution is 2.27. The predicted octanol–water partition coefficient (Wildman–Crippen LogP) is 4.21. The first-order chi connectivity index (χ1) is 13.1. The number of nitrogens with zero attached hydrogens (tertiary/aromatic N) is 2. The van der Waals surface area contributed by atoms with E-state index in [0.29, 0.717) is 37.1 Å². The molecule has 0 aliphatic carbocycles. The van der Waals surface area contributed by atoms with Crippen LogP contribution in [0.3, 0.4) is 0 Å². The van der Waals surface area contributed by atoms with Crippen molar-refractivity contribution in [2.75, 3.05) is 18.4 Å². The molecule has 0 atom stereocenters. The smallest absolute Gasteiger partial charge is 0.256 e. The summed E-state index contributed by atoms with van der Waals surface area (Å²) in [5, 5.41) is 5.37. The van der Waals surface area contributed by atoms with Crippen molar-refractivity contribution in [2.24, 2.45) is 5.92 Å². The molecule has 0 spiro atoms. The van der Waals surface area contributed by atoms with Crippen LogP contribution >= 0.6 is 11.3 Å². The Kier molecular flexibility index (Phi) is 5.79. The molecule has 3 rings (SSSR count). The van der Waals surface area contributed by atoms with Gasteiger partial charge in [0, 0.05) is 35.9 Å². The number of halogens is 2. The number of rotatable bonds is 3. The molecule has 2 heterocycles. The Morgan fingerprint density at radius 3 is 2.46 bits per heavy atom. The van der Waals surface area contributed by atoms with Crippen LogP contribution in [0.25, 0.3) is 0 Å². The molecule has 2 amide bonds. The van der Waals surface area contributed by atoms with Gasteiger partial charge >= 0.3 is 0 Å². The summed E-state index contributed by atoms with van der Waals surface area (Å²) >= 11 is 1.39. The van der Waals surface area contributed by atoms with E-state index >= 15 is 0 Å². The lowest BCUT2D eigenvalue weighted by Gasteiger charge is -2.31. The first-order valence-corrected chi connectivity index (χ1v) is 10.0. The lowest BCUT2D eigenvalue weighted by Crippen LogP contribution is -2.41. The van der Waals surface area contributed by atoms with Gasteiger partial charge in [-0.3, -0.25) is 9.59 Å². The monoisotopic (exact) mass is 407 g/mol. The van der Waals surface area contributed by atoms with Crippen LogP contribution < -0.4 is 5.32 Å². The fraction of sp³-hybridized carbons (Fsp3) is 0.450. The highest BCUT2D eigenvalue weighted by molar-refractivity contribution is 7.13. The predicted molar refractivity (Wildman–Crippen MR) is 104 cm³/mol. The van der Waals surface area contributed by atoms with E-state index in [2.05, 4.69) is 31.1 Å². The van der Waals surface area contributed by atoms with Crippen molar-refractivity contribution >= 4 is 28.3 Å². The Balaban J connectivity index is 1.56. The number of thiazole rings is 1. The molecule has 28 heavy (non-hydrogen) atoms. The second-order valence-corrected chi connectivity index (χ2v) is 8.83. The summed E-state index contributed by atoms with van der Waals surface area (Å²) in [5.41, 5.74) is 0.692. The van der Waals surface area contributed by atoms with E-state index in [1.165, 1.54) is 16.2 Å². The average molecular weight is 407 g/mol. The first-order valence-electron chi connectivity index (χ1n) is 9.16. The third-order valence-electron chi connectivity index (χ3n) is 4.82. The molecule has 0 radical (unpaired) electrons. The summed E-state index contributed by atoms with van der Waals surface area (Å²) in [6.07, 6.45) is 0.968. The molecule has 0 bridgehead atoms. The summed E-state index contributed by atoms with van der Waals surface area (Å²) < 4.78 is 26.9. The first kappa shape index (κ1) is 20.4. The minimum atomic E-state index is -0.872. The molecule has 1 fully saturated rings. The molecule has 1 N–H and O–H groups in total. The minimum Gasteiger partial charge on any atom is -0.339 e. The van der Waals surface area contributed by atoms with Crippen LogP contribution in [0, 0.1) is 17.6 Å². The van der Waals surface area contributed by atoms with Crippen molar-refractivity contribution in [1.82, 2.24) is 9.88 Å². The van der Waals surface area contributed by atoms with Gasteiger partial charge in [0.05, 0.1) is 11.3 Å². The van der Waals surface area contributed by atoms with E-state index in [1.54, 1.807) is 0 Å². The quantitative estimate of drug-likeness (QED) is 0.829. The van der Waals surface area contributed by atoms with Crippen LogP contribution in [0.15, 0.2) is 23.6 Å². The molecular weight excluding hydrogens is 384 g/mol.